The third-order valence-electron chi connectivity index (χ3n) is 3.89. The average molecular weight is 374 g/mol. The maximum Gasteiger partial charge on any atom is 0.279 e. The summed E-state index contributed by atoms with van der Waals surface area (Å²) in [4.78, 5) is 17.4. The minimum Gasteiger partial charge on any atom is -0.497 e. The Morgan fingerprint density at radius 3 is 2.50 bits per heavy atom. The van der Waals surface area contributed by atoms with E-state index in [9.17, 15) is 9.18 Å². The Bertz CT molecular complexity index is 1000. The highest BCUT2D eigenvalue weighted by Crippen LogP contribution is 2.24. The van der Waals surface area contributed by atoms with E-state index in [0.717, 1.165) is 11.1 Å². The predicted molar refractivity (Wildman–Crippen MR) is 99.5 cm³/mol. The molecule has 1 amide bonds. The first-order chi connectivity index (χ1) is 12.6. The van der Waals surface area contributed by atoms with E-state index in [-0.39, 0.29) is 5.82 Å². The van der Waals surface area contributed by atoms with Gasteiger partial charge in [0.05, 0.1) is 24.4 Å². The number of nitrogens with zero attached hydrogens (tertiary/aromatic N) is 2. The highest BCUT2D eigenvalue weighted by Gasteiger charge is 2.13. The zero-order chi connectivity index (χ0) is 18.7. The number of carbonyl (C=O) groups excluding carboxylic acids is 1. The Morgan fingerprint density at radius 2 is 1.88 bits per heavy atom. The first kappa shape index (κ1) is 18.1. The van der Waals surface area contributed by atoms with Gasteiger partial charge < -0.3 is 14.0 Å². The van der Waals surface area contributed by atoms with Crippen molar-refractivity contribution in [2.24, 2.45) is 4.99 Å². The van der Waals surface area contributed by atoms with Crippen molar-refractivity contribution in [3.63, 3.8) is 0 Å². The van der Waals surface area contributed by atoms with Crippen LogP contribution in [0, 0.1) is 5.82 Å². The molecule has 5 nitrogen and oxygen atoms in total. The molecular formula is C19H19FN2O3S. The number of ether oxygens (including phenoxy) is 2. The minimum absolute atomic E-state index is 0.316. The van der Waals surface area contributed by atoms with Gasteiger partial charge >= 0.3 is 0 Å². The lowest BCUT2D eigenvalue weighted by Gasteiger charge is -2.06. The maximum absolute atomic E-state index is 14.3. The monoisotopic (exact) mass is 374 g/mol. The molecule has 0 saturated heterocycles. The lowest BCUT2D eigenvalue weighted by molar-refractivity contribution is 0.0997. The van der Waals surface area contributed by atoms with Crippen molar-refractivity contribution in [3.05, 3.63) is 52.6 Å². The van der Waals surface area contributed by atoms with Crippen molar-refractivity contribution in [1.29, 1.82) is 0 Å². The van der Waals surface area contributed by atoms with Gasteiger partial charge in [-0.3, -0.25) is 4.79 Å². The second kappa shape index (κ2) is 7.70. The van der Waals surface area contributed by atoms with Gasteiger partial charge in [0.1, 0.15) is 17.3 Å². The van der Waals surface area contributed by atoms with Crippen LogP contribution in [-0.4, -0.2) is 24.7 Å². The van der Waals surface area contributed by atoms with Crippen LogP contribution in [0.3, 0.4) is 0 Å². The van der Waals surface area contributed by atoms with Gasteiger partial charge in [0.15, 0.2) is 4.80 Å². The number of aryl methyl sites for hydroxylation is 1. The van der Waals surface area contributed by atoms with E-state index in [2.05, 4.69) is 4.99 Å². The summed E-state index contributed by atoms with van der Waals surface area (Å²) in [5, 5.41) is 0. The summed E-state index contributed by atoms with van der Waals surface area (Å²) in [6.45, 7) is 2.57. The van der Waals surface area contributed by atoms with Crippen LogP contribution in [0.5, 0.6) is 11.5 Å². The number of aromatic nitrogens is 1. The third-order valence-corrected chi connectivity index (χ3v) is 4.94. The molecule has 0 aliphatic heterocycles. The Balaban J connectivity index is 2.14. The van der Waals surface area contributed by atoms with Crippen molar-refractivity contribution in [1.82, 2.24) is 4.57 Å². The van der Waals surface area contributed by atoms with Gasteiger partial charge in [-0.05, 0) is 30.7 Å². The highest BCUT2D eigenvalue weighted by molar-refractivity contribution is 7.16. The molecule has 136 valence electrons. The van der Waals surface area contributed by atoms with Crippen LogP contribution >= 0.6 is 11.3 Å². The van der Waals surface area contributed by atoms with E-state index < -0.39 is 5.91 Å². The van der Waals surface area contributed by atoms with Crippen LogP contribution in [0.2, 0.25) is 0 Å². The highest BCUT2D eigenvalue weighted by atomic mass is 32.1. The Morgan fingerprint density at radius 1 is 1.19 bits per heavy atom. The number of fused-ring (bicyclic) bond motifs is 1. The number of para-hydroxylation sites is 1. The van der Waals surface area contributed by atoms with Crippen molar-refractivity contribution < 1.29 is 18.7 Å². The first-order valence-electron chi connectivity index (χ1n) is 8.17. The summed E-state index contributed by atoms with van der Waals surface area (Å²) in [6, 6.07) is 9.79. The standard InChI is InChI=1S/C19H19FN2O3S/c1-4-8-22-17-15(20)6-5-7-16(17)26-19(22)21-18(23)12-9-13(24-2)11-14(10-12)25-3/h5-7,9-11H,4,8H2,1-3H3. The van der Waals surface area contributed by atoms with Gasteiger partial charge in [0.25, 0.3) is 5.91 Å². The lowest BCUT2D eigenvalue weighted by atomic mass is 10.2. The topological polar surface area (TPSA) is 52.8 Å². The Hall–Kier alpha value is -2.67. The van der Waals surface area contributed by atoms with E-state index in [1.54, 1.807) is 28.8 Å². The van der Waals surface area contributed by atoms with Crippen LogP contribution in [-0.2, 0) is 6.54 Å². The molecule has 0 unspecified atom stereocenters. The minimum atomic E-state index is -0.431. The van der Waals surface area contributed by atoms with E-state index in [0.29, 0.717) is 33.9 Å². The summed E-state index contributed by atoms with van der Waals surface area (Å²) in [6.07, 6.45) is 0.800. The Labute approximate surface area is 154 Å². The number of halogens is 1. The van der Waals surface area contributed by atoms with Gasteiger partial charge in [0.2, 0.25) is 0 Å². The zero-order valence-corrected chi connectivity index (χ0v) is 15.6. The molecule has 0 aliphatic carbocycles. The molecule has 0 N–H and O–H groups in total. The molecule has 3 rings (SSSR count). The van der Waals surface area contributed by atoms with E-state index in [1.165, 1.54) is 31.6 Å². The summed E-state index contributed by atoms with van der Waals surface area (Å²) in [5.41, 5.74) is 0.830. The van der Waals surface area contributed by atoms with E-state index >= 15 is 0 Å². The second-order valence-electron chi connectivity index (χ2n) is 5.64. The summed E-state index contributed by atoms with van der Waals surface area (Å²) in [7, 11) is 3.04. The number of benzene rings is 2. The zero-order valence-electron chi connectivity index (χ0n) is 14.8. The number of rotatable bonds is 5. The van der Waals surface area contributed by atoms with Crippen molar-refractivity contribution in [3.8, 4) is 11.5 Å². The number of hydrogen-bond donors (Lipinski definition) is 0. The molecule has 1 aromatic heterocycles. The number of hydrogen-bond acceptors (Lipinski definition) is 4. The van der Waals surface area contributed by atoms with Gasteiger partial charge in [-0.15, -0.1) is 0 Å². The van der Waals surface area contributed by atoms with E-state index in [4.69, 9.17) is 9.47 Å². The fourth-order valence-corrected chi connectivity index (χ4v) is 3.75. The fraction of sp³-hybridized carbons (Fsp3) is 0.263. The van der Waals surface area contributed by atoms with Crippen LogP contribution in [0.25, 0.3) is 10.2 Å². The number of carbonyl (C=O) groups is 1. The lowest BCUT2D eigenvalue weighted by Crippen LogP contribution is -2.17. The van der Waals surface area contributed by atoms with Gasteiger partial charge in [-0.25, -0.2) is 4.39 Å². The van der Waals surface area contributed by atoms with Gasteiger partial charge in [0, 0.05) is 18.2 Å². The maximum atomic E-state index is 14.3. The molecule has 1 heterocycles. The molecule has 7 heteroatoms. The molecule has 0 radical (unpaired) electrons. The molecule has 0 aliphatic rings. The third kappa shape index (κ3) is 3.48. The SMILES string of the molecule is CCCn1c(=NC(=O)c2cc(OC)cc(OC)c2)sc2cccc(F)c21. The average Bonchev–Trinajstić information content (AvgIpc) is 3.00. The predicted octanol–water partition coefficient (Wildman–Crippen LogP) is 4.01. The van der Waals surface area contributed by atoms with Crippen LogP contribution in [0.1, 0.15) is 23.7 Å². The second-order valence-corrected chi connectivity index (χ2v) is 6.65. The van der Waals surface area contributed by atoms with Crippen molar-refractivity contribution in [2.75, 3.05) is 14.2 Å². The first-order valence-corrected chi connectivity index (χ1v) is 8.99. The molecule has 26 heavy (non-hydrogen) atoms. The summed E-state index contributed by atoms with van der Waals surface area (Å²) in [5.74, 6) is 0.265. The van der Waals surface area contributed by atoms with E-state index in [1.807, 2.05) is 13.0 Å². The van der Waals surface area contributed by atoms with Crippen LogP contribution in [0.4, 0.5) is 4.39 Å². The number of amides is 1. The van der Waals surface area contributed by atoms with Crippen molar-refractivity contribution >= 4 is 27.5 Å². The Kier molecular flexibility index (Phi) is 5.37. The molecule has 2 aromatic carbocycles. The van der Waals surface area contributed by atoms with Gasteiger partial charge in [-0.1, -0.05) is 24.3 Å². The fourth-order valence-electron chi connectivity index (χ4n) is 2.69. The molecular weight excluding hydrogens is 355 g/mol. The normalized spacial score (nSPS) is 11.8. The van der Waals surface area contributed by atoms with Crippen LogP contribution < -0.4 is 14.3 Å². The van der Waals surface area contributed by atoms with Gasteiger partial charge in [-0.2, -0.15) is 4.99 Å². The molecule has 0 fully saturated rings. The smallest absolute Gasteiger partial charge is 0.279 e. The number of methoxy groups -OCH3 is 2. The van der Waals surface area contributed by atoms with Crippen LogP contribution in [0.15, 0.2) is 41.4 Å². The molecule has 0 atom stereocenters. The molecule has 0 spiro atoms. The molecule has 0 saturated carbocycles. The van der Waals surface area contributed by atoms with Crippen molar-refractivity contribution in [2.45, 2.75) is 19.9 Å². The summed E-state index contributed by atoms with van der Waals surface area (Å²) < 4.78 is 27.2. The summed E-state index contributed by atoms with van der Waals surface area (Å²) >= 11 is 1.29. The molecule has 3 aromatic rings. The quantitative estimate of drug-likeness (QED) is 0.678. The molecule has 0 bridgehead atoms. The largest absolute Gasteiger partial charge is 0.497 e. The number of thiazole rings is 1.